The molecule has 1 rings (SSSR count). The van der Waals surface area contributed by atoms with Gasteiger partial charge in [-0.3, -0.25) is 9.59 Å². The van der Waals surface area contributed by atoms with E-state index in [9.17, 15) is 14.0 Å². The van der Waals surface area contributed by atoms with Crippen LogP contribution in [0.15, 0.2) is 24.3 Å². The fourth-order valence-electron chi connectivity index (χ4n) is 2.78. The molecule has 1 unspecified atom stereocenters. The highest BCUT2D eigenvalue weighted by Gasteiger charge is 2.26. The SMILES string of the molecule is CC[C@@H](C)N(C(=O)C[NH+](C)CC(=O)Nc1cccc(F)c1)[C@@H](C)CC. The summed E-state index contributed by atoms with van der Waals surface area (Å²) in [5, 5.41) is 2.66. The normalized spacial score (nSPS) is 14.5. The molecule has 3 atom stereocenters. The van der Waals surface area contributed by atoms with E-state index in [2.05, 4.69) is 33.0 Å². The van der Waals surface area contributed by atoms with Crippen molar-refractivity contribution in [2.75, 3.05) is 25.5 Å². The first-order valence-electron chi connectivity index (χ1n) is 8.96. The maximum Gasteiger partial charge on any atom is 0.279 e. The molecular formula is C19H31FN3O2+. The number of carbonyl (C=O) groups excluding carboxylic acids is 2. The lowest BCUT2D eigenvalue weighted by atomic mass is 10.1. The minimum Gasteiger partial charge on any atom is -0.332 e. The smallest absolute Gasteiger partial charge is 0.279 e. The Kier molecular flexibility index (Phi) is 8.55. The van der Waals surface area contributed by atoms with Gasteiger partial charge in [0.2, 0.25) is 0 Å². The minimum absolute atomic E-state index is 0.0553. The fourth-order valence-corrected chi connectivity index (χ4v) is 2.78. The highest BCUT2D eigenvalue weighted by atomic mass is 19.1. The van der Waals surface area contributed by atoms with Gasteiger partial charge in [0.05, 0.1) is 7.05 Å². The highest BCUT2D eigenvalue weighted by molar-refractivity contribution is 5.91. The van der Waals surface area contributed by atoms with Crippen molar-refractivity contribution < 1.29 is 18.9 Å². The van der Waals surface area contributed by atoms with Gasteiger partial charge < -0.3 is 15.1 Å². The van der Waals surface area contributed by atoms with Gasteiger partial charge in [0.25, 0.3) is 11.8 Å². The number of anilines is 1. The Morgan fingerprint density at radius 1 is 1.16 bits per heavy atom. The first-order chi connectivity index (χ1) is 11.8. The maximum atomic E-state index is 13.2. The van der Waals surface area contributed by atoms with Gasteiger partial charge in [0.1, 0.15) is 5.82 Å². The van der Waals surface area contributed by atoms with Crippen molar-refractivity contribution in [3.8, 4) is 0 Å². The van der Waals surface area contributed by atoms with Crippen LogP contribution in [-0.4, -0.2) is 48.9 Å². The third kappa shape index (κ3) is 6.82. The minimum atomic E-state index is -0.397. The lowest BCUT2D eigenvalue weighted by Gasteiger charge is -2.34. The van der Waals surface area contributed by atoms with Crippen LogP contribution in [0, 0.1) is 5.82 Å². The first kappa shape index (κ1) is 21.1. The first-order valence-corrected chi connectivity index (χ1v) is 8.96. The van der Waals surface area contributed by atoms with Crippen molar-refractivity contribution in [3.05, 3.63) is 30.1 Å². The Morgan fingerprint density at radius 3 is 2.28 bits per heavy atom. The van der Waals surface area contributed by atoms with E-state index in [1.165, 1.54) is 12.1 Å². The van der Waals surface area contributed by atoms with Crippen molar-refractivity contribution in [2.24, 2.45) is 0 Å². The number of hydrogen-bond donors (Lipinski definition) is 2. The summed E-state index contributed by atoms with van der Waals surface area (Å²) in [5.74, 6) is -0.583. The van der Waals surface area contributed by atoms with Gasteiger partial charge in [-0.25, -0.2) is 4.39 Å². The van der Waals surface area contributed by atoms with Crippen molar-refractivity contribution >= 4 is 17.5 Å². The lowest BCUT2D eigenvalue weighted by Crippen LogP contribution is -3.11. The van der Waals surface area contributed by atoms with E-state index in [0.717, 1.165) is 17.7 Å². The summed E-state index contributed by atoms with van der Waals surface area (Å²) in [4.78, 5) is 27.5. The van der Waals surface area contributed by atoms with E-state index in [-0.39, 0.29) is 37.0 Å². The lowest BCUT2D eigenvalue weighted by molar-refractivity contribution is -0.862. The van der Waals surface area contributed by atoms with Gasteiger partial charge in [-0.2, -0.15) is 0 Å². The molecule has 140 valence electrons. The zero-order valence-corrected chi connectivity index (χ0v) is 15.9. The summed E-state index contributed by atoms with van der Waals surface area (Å²) >= 11 is 0. The second-order valence-corrected chi connectivity index (χ2v) is 6.68. The molecule has 0 aliphatic rings. The van der Waals surface area contributed by atoms with Gasteiger partial charge in [-0.05, 0) is 44.9 Å². The van der Waals surface area contributed by atoms with Crippen LogP contribution in [0.3, 0.4) is 0 Å². The van der Waals surface area contributed by atoms with Crippen molar-refractivity contribution in [3.63, 3.8) is 0 Å². The Bertz CT molecular complexity index is 570. The number of nitrogens with one attached hydrogen (secondary N) is 2. The van der Waals surface area contributed by atoms with E-state index in [0.29, 0.717) is 5.69 Å². The molecule has 1 aromatic carbocycles. The van der Waals surface area contributed by atoms with E-state index >= 15 is 0 Å². The Hall–Kier alpha value is -1.95. The predicted octanol–water partition coefficient (Wildman–Crippen LogP) is 1.70. The van der Waals surface area contributed by atoms with E-state index in [1.807, 2.05) is 11.9 Å². The second kappa shape index (κ2) is 10.1. The van der Waals surface area contributed by atoms with Crippen molar-refractivity contribution in [2.45, 2.75) is 52.6 Å². The summed E-state index contributed by atoms with van der Waals surface area (Å²) in [7, 11) is 1.81. The largest absolute Gasteiger partial charge is 0.332 e. The van der Waals surface area contributed by atoms with Gasteiger partial charge >= 0.3 is 0 Å². The molecule has 25 heavy (non-hydrogen) atoms. The molecule has 2 amide bonds. The molecular weight excluding hydrogens is 321 g/mol. The Morgan fingerprint density at radius 2 is 1.76 bits per heavy atom. The fraction of sp³-hybridized carbons (Fsp3) is 0.579. The molecule has 0 spiro atoms. The van der Waals surface area contributed by atoms with E-state index in [4.69, 9.17) is 0 Å². The quantitative estimate of drug-likeness (QED) is 0.711. The van der Waals surface area contributed by atoms with Crippen LogP contribution in [0.2, 0.25) is 0 Å². The topological polar surface area (TPSA) is 53.9 Å². The molecule has 0 heterocycles. The average molecular weight is 352 g/mol. The van der Waals surface area contributed by atoms with Crippen LogP contribution in [0.5, 0.6) is 0 Å². The van der Waals surface area contributed by atoms with Gasteiger partial charge in [-0.1, -0.05) is 19.9 Å². The molecule has 6 heteroatoms. The van der Waals surface area contributed by atoms with Crippen LogP contribution >= 0.6 is 0 Å². The van der Waals surface area contributed by atoms with Crippen molar-refractivity contribution in [1.29, 1.82) is 0 Å². The molecule has 0 saturated carbocycles. The molecule has 0 aliphatic heterocycles. The molecule has 0 aliphatic carbocycles. The molecule has 2 N–H and O–H groups in total. The zero-order valence-electron chi connectivity index (χ0n) is 15.9. The summed E-state index contributed by atoms with van der Waals surface area (Å²) < 4.78 is 13.2. The van der Waals surface area contributed by atoms with Crippen LogP contribution < -0.4 is 10.2 Å². The standard InChI is InChI=1S/C19H30FN3O2/c1-6-14(3)23(15(4)7-2)19(25)13-22(5)12-18(24)21-17-10-8-9-16(20)11-17/h8-11,14-15H,6-7,12-13H2,1-5H3,(H,21,24)/p+1/t14-,15+. The Labute approximate surface area is 150 Å². The third-order valence-corrected chi connectivity index (χ3v) is 4.44. The number of halogens is 1. The molecule has 1 aromatic rings. The number of hydrogen-bond acceptors (Lipinski definition) is 2. The van der Waals surface area contributed by atoms with Crippen LogP contribution in [0.25, 0.3) is 0 Å². The molecule has 0 fully saturated rings. The number of nitrogens with zero attached hydrogens (tertiary/aromatic N) is 1. The van der Waals surface area contributed by atoms with Gasteiger partial charge in [-0.15, -0.1) is 0 Å². The molecule has 0 radical (unpaired) electrons. The number of amides is 2. The van der Waals surface area contributed by atoms with E-state index < -0.39 is 5.82 Å². The maximum absolute atomic E-state index is 13.2. The molecule has 0 bridgehead atoms. The number of carbonyl (C=O) groups is 2. The summed E-state index contributed by atoms with van der Waals surface area (Å²) in [5.41, 5.74) is 0.421. The van der Waals surface area contributed by atoms with Crippen LogP contribution in [-0.2, 0) is 9.59 Å². The summed E-state index contributed by atoms with van der Waals surface area (Å²) in [6, 6.07) is 6.12. The number of benzene rings is 1. The number of likely N-dealkylation sites (N-methyl/N-ethyl adjacent to an activating group) is 1. The second-order valence-electron chi connectivity index (χ2n) is 6.68. The zero-order chi connectivity index (χ0) is 19.0. The third-order valence-electron chi connectivity index (χ3n) is 4.44. The molecule has 5 nitrogen and oxygen atoms in total. The number of rotatable bonds is 9. The van der Waals surface area contributed by atoms with Crippen molar-refractivity contribution in [1.82, 2.24) is 4.90 Å². The molecule has 0 aromatic heterocycles. The highest BCUT2D eigenvalue weighted by Crippen LogP contribution is 2.11. The van der Waals surface area contributed by atoms with E-state index in [1.54, 1.807) is 12.1 Å². The predicted molar refractivity (Wildman–Crippen MR) is 98.0 cm³/mol. The monoisotopic (exact) mass is 352 g/mol. The Balaban J connectivity index is 2.60. The number of quaternary nitrogens is 1. The van der Waals surface area contributed by atoms with Crippen LogP contribution in [0.4, 0.5) is 10.1 Å². The van der Waals surface area contributed by atoms with Gasteiger partial charge in [0, 0.05) is 17.8 Å². The van der Waals surface area contributed by atoms with Gasteiger partial charge in [0.15, 0.2) is 13.1 Å². The summed E-state index contributed by atoms with van der Waals surface area (Å²) in [6.07, 6.45) is 1.80. The summed E-state index contributed by atoms with van der Waals surface area (Å²) in [6.45, 7) is 8.64. The molecule has 0 saturated heterocycles. The van der Waals surface area contributed by atoms with Crippen LogP contribution in [0.1, 0.15) is 40.5 Å². The average Bonchev–Trinajstić information content (AvgIpc) is 2.54.